The first kappa shape index (κ1) is 32.8. The van der Waals surface area contributed by atoms with E-state index in [1.807, 2.05) is 0 Å². The van der Waals surface area contributed by atoms with Crippen LogP contribution in [0.25, 0.3) is 0 Å². The average molecular weight is 722 g/mol. The Morgan fingerprint density at radius 3 is 2.48 bits per heavy atom. The lowest BCUT2D eigenvalue weighted by Crippen LogP contribution is -2.39. The number of carboxylic acid groups (broad SMARTS) is 1. The van der Waals surface area contributed by atoms with Crippen molar-refractivity contribution in [1.29, 1.82) is 0 Å². The van der Waals surface area contributed by atoms with E-state index in [4.69, 9.17) is 0 Å². The Bertz CT molecular complexity index is 1400. The highest BCUT2D eigenvalue weighted by Gasteiger charge is 2.41. The summed E-state index contributed by atoms with van der Waals surface area (Å²) in [5.74, 6) is -5.79. The summed E-state index contributed by atoms with van der Waals surface area (Å²) in [5, 5.41) is 27.4. The molecule has 2 aromatic rings. The molecule has 0 unspecified atom stereocenters. The van der Waals surface area contributed by atoms with Crippen molar-refractivity contribution < 1.29 is 47.3 Å². The van der Waals surface area contributed by atoms with Gasteiger partial charge in [0.2, 0.25) is 5.91 Å². The largest absolute Gasteiger partial charge is 0.506 e. The third-order valence-electron chi connectivity index (χ3n) is 5.83. The first-order chi connectivity index (χ1) is 19.7. The number of hydrogen-bond donors (Lipinski definition) is 5. The molecular weight excluding hydrogens is 697 g/mol. The van der Waals surface area contributed by atoms with E-state index in [1.54, 1.807) is 0 Å². The summed E-state index contributed by atoms with van der Waals surface area (Å²) in [6.45, 7) is -0.113. The summed E-state index contributed by atoms with van der Waals surface area (Å²) < 4.78 is 43.6. The number of carbonyl (C=O) groups excluding carboxylic acids is 3. The van der Waals surface area contributed by atoms with Crippen molar-refractivity contribution in [2.24, 2.45) is 4.99 Å². The van der Waals surface area contributed by atoms with Gasteiger partial charge in [0.15, 0.2) is 0 Å². The highest BCUT2D eigenvalue weighted by atomic mass is 79.9. The van der Waals surface area contributed by atoms with Gasteiger partial charge in [0.25, 0.3) is 5.91 Å². The van der Waals surface area contributed by atoms with Crippen LogP contribution in [-0.2, 0) is 14.4 Å². The number of nitrogens with zero attached hydrogens (tertiary/aromatic N) is 1. The summed E-state index contributed by atoms with van der Waals surface area (Å²) in [5.41, 5.74) is -0.00717. The minimum Gasteiger partial charge on any atom is -0.506 e. The van der Waals surface area contributed by atoms with Gasteiger partial charge < -0.3 is 30.9 Å². The zero-order chi connectivity index (χ0) is 31.0. The van der Waals surface area contributed by atoms with Crippen LogP contribution in [0.2, 0.25) is 0 Å². The molecule has 1 aliphatic heterocycles. The van der Waals surface area contributed by atoms with Crippen LogP contribution in [0.15, 0.2) is 44.3 Å². The molecule has 5 N–H and O–H groups in total. The highest BCUT2D eigenvalue weighted by molar-refractivity contribution is 9.11. The lowest BCUT2D eigenvalue weighted by molar-refractivity contribution is -0.189. The third kappa shape index (κ3) is 9.72. The molecule has 0 aliphatic carbocycles. The Morgan fingerprint density at radius 1 is 1.05 bits per heavy atom. The zero-order valence-electron chi connectivity index (χ0n) is 21.7. The normalized spacial score (nSPS) is 14.2. The van der Waals surface area contributed by atoms with Crippen LogP contribution in [0.1, 0.15) is 54.1 Å². The number of esters is 1. The van der Waals surface area contributed by atoms with E-state index in [-0.39, 0.29) is 27.0 Å². The van der Waals surface area contributed by atoms with Crippen LogP contribution in [0, 0.1) is 0 Å². The Balaban J connectivity index is 1.78. The van der Waals surface area contributed by atoms with Crippen molar-refractivity contribution in [3.63, 3.8) is 0 Å². The quantitative estimate of drug-likeness (QED) is 0.181. The number of alkyl halides is 3. The molecule has 0 bridgehead atoms. The van der Waals surface area contributed by atoms with E-state index in [2.05, 4.69) is 57.5 Å². The van der Waals surface area contributed by atoms with E-state index >= 15 is 0 Å². The van der Waals surface area contributed by atoms with Gasteiger partial charge in [0.05, 0.1) is 23.5 Å². The van der Waals surface area contributed by atoms with Crippen LogP contribution >= 0.6 is 31.9 Å². The van der Waals surface area contributed by atoms with E-state index in [0.717, 1.165) is 31.4 Å². The van der Waals surface area contributed by atoms with E-state index in [1.165, 1.54) is 18.2 Å². The second-order valence-electron chi connectivity index (χ2n) is 9.12. The van der Waals surface area contributed by atoms with Crippen molar-refractivity contribution in [2.45, 2.75) is 44.3 Å². The van der Waals surface area contributed by atoms with Gasteiger partial charge in [0, 0.05) is 40.3 Å². The predicted octanol–water partition coefficient (Wildman–Crippen LogP) is 4.83. The Kier molecular flexibility index (Phi) is 11.3. The number of phenolic OH excluding ortho intramolecular Hbond substituents is 1. The maximum atomic E-state index is 12.9. The maximum absolute atomic E-state index is 12.9. The molecule has 2 aromatic carbocycles. The maximum Gasteiger partial charge on any atom is 0.491 e. The van der Waals surface area contributed by atoms with Gasteiger partial charge in [0.1, 0.15) is 17.3 Å². The van der Waals surface area contributed by atoms with Crippen LogP contribution in [0.5, 0.6) is 11.5 Å². The number of carbonyl (C=O) groups is 4. The number of anilines is 1. The number of aliphatic carboxylic acids is 1. The number of aromatic hydroxyl groups is 1. The van der Waals surface area contributed by atoms with E-state index in [0.29, 0.717) is 23.3 Å². The molecule has 3 rings (SSSR count). The number of ether oxygens (including phenoxy) is 1. The summed E-state index contributed by atoms with van der Waals surface area (Å²) in [6, 6.07) is 5.07. The second kappa shape index (κ2) is 14.5. The molecule has 11 nitrogen and oxygen atoms in total. The molecule has 1 atom stereocenters. The topological polar surface area (TPSA) is 166 Å². The molecule has 0 radical (unpaired) electrons. The molecule has 2 amide bonds. The van der Waals surface area contributed by atoms with Crippen LogP contribution in [0.4, 0.5) is 18.9 Å². The van der Waals surface area contributed by atoms with Gasteiger partial charge in [-0.1, -0.05) is 22.4 Å². The number of amides is 2. The van der Waals surface area contributed by atoms with Crippen molar-refractivity contribution in [3.8, 4) is 11.5 Å². The molecule has 0 saturated heterocycles. The minimum absolute atomic E-state index is 0.0923. The molecule has 226 valence electrons. The monoisotopic (exact) mass is 720 g/mol. The van der Waals surface area contributed by atoms with Crippen molar-refractivity contribution in [3.05, 3.63) is 50.4 Å². The minimum atomic E-state index is -5.28. The highest BCUT2D eigenvalue weighted by Crippen LogP contribution is 2.36. The lowest BCUT2D eigenvalue weighted by Gasteiger charge is -2.20. The van der Waals surface area contributed by atoms with Gasteiger partial charge in [-0.05, 0) is 53.0 Å². The number of nitrogens with one attached hydrogen (secondary N) is 3. The smallest absolute Gasteiger partial charge is 0.491 e. The van der Waals surface area contributed by atoms with Crippen LogP contribution in [0.3, 0.4) is 0 Å². The number of amidine groups is 1. The van der Waals surface area contributed by atoms with Crippen molar-refractivity contribution in [2.75, 3.05) is 18.4 Å². The molecule has 1 aliphatic rings. The molecular formula is C26H25Br2F3N4O7. The fraction of sp³-hybridized carbons (Fsp3) is 0.346. The number of rotatable bonds is 9. The molecule has 16 heteroatoms. The molecule has 0 saturated carbocycles. The first-order valence-electron chi connectivity index (χ1n) is 12.4. The summed E-state index contributed by atoms with van der Waals surface area (Å²) in [7, 11) is 0. The zero-order valence-corrected chi connectivity index (χ0v) is 24.9. The van der Waals surface area contributed by atoms with E-state index < -0.39 is 54.7 Å². The van der Waals surface area contributed by atoms with Gasteiger partial charge in [-0.15, -0.1) is 0 Å². The Morgan fingerprint density at radius 2 is 1.79 bits per heavy atom. The molecule has 0 spiro atoms. The van der Waals surface area contributed by atoms with Crippen molar-refractivity contribution in [1.82, 2.24) is 10.6 Å². The third-order valence-corrected chi connectivity index (χ3v) is 6.89. The second-order valence-corrected chi connectivity index (χ2v) is 10.9. The standard InChI is InChI=1S/C26H25Br2F3N4O7/c27-14-8-17(23(39)18(28)9-14)19(11-22(37)38)35-21(36)12-33-24(40)13-6-15(34-20-4-2-1-3-5-32-20)10-16(7-13)42-25(41)26(29,30)31/h6-10,19,39H,1-5,11-12H2,(H,32,34)(H,33,40)(H,35,36)(H,37,38)/t19-/m1/s1. The number of hydrogen-bond acceptors (Lipinski definition) is 8. The Labute approximate surface area is 254 Å². The predicted molar refractivity (Wildman–Crippen MR) is 152 cm³/mol. The lowest BCUT2D eigenvalue weighted by atomic mass is 10.0. The fourth-order valence-corrected chi connectivity index (χ4v) is 5.20. The van der Waals surface area contributed by atoms with E-state index in [9.17, 15) is 42.6 Å². The Hall–Kier alpha value is -3.66. The summed E-state index contributed by atoms with van der Waals surface area (Å²) in [6.07, 6.45) is -2.67. The SMILES string of the molecule is O=C(O)C[C@@H](NC(=O)CNC(=O)c1cc(NC2=NCCCCC2)cc(OC(=O)C(F)(F)F)c1)c1cc(Br)cc(Br)c1O. The molecule has 42 heavy (non-hydrogen) atoms. The van der Waals surface area contributed by atoms with Gasteiger partial charge >= 0.3 is 18.1 Å². The van der Waals surface area contributed by atoms with Gasteiger partial charge in [-0.25, -0.2) is 4.79 Å². The fourth-order valence-electron chi connectivity index (χ4n) is 3.94. The van der Waals surface area contributed by atoms with Crippen LogP contribution in [-0.4, -0.2) is 59.1 Å². The number of benzene rings is 2. The molecule has 1 heterocycles. The van der Waals surface area contributed by atoms with Gasteiger partial charge in [-0.3, -0.25) is 19.4 Å². The number of phenols is 1. The number of halogens is 5. The average Bonchev–Trinajstić information content (AvgIpc) is 3.16. The number of aliphatic imine (C=N–C) groups is 1. The molecule has 0 aromatic heterocycles. The molecule has 0 fully saturated rings. The number of carboxylic acids is 1. The summed E-state index contributed by atoms with van der Waals surface area (Å²) >= 11 is 6.37. The van der Waals surface area contributed by atoms with Crippen molar-refractivity contribution >= 4 is 67.1 Å². The van der Waals surface area contributed by atoms with Gasteiger partial charge in [-0.2, -0.15) is 13.2 Å². The van der Waals surface area contributed by atoms with Crippen LogP contribution < -0.4 is 20.7 Å². The summed E-state index contributed by atoms with van der Waals surface area (Å²) in [4.78, 5) is 52.8. The first-order valence-corrected chi connectivity index (χ1v) is 14.0.